The molecule has 0 aliphatic rings. The molecule has 128 valence electrons. The van der Waals surface area contributed by atoms with E-state index in [2.05, 4.69) is 15.0 Å². The number of rotatable bonds is 4. The number of methoxy groups -OCH3 is 1. The van der Waals surface area contributed by atoms with Crippen molar-refractivity contribution in [2.24, 2.45) is 0 Å². The largest absolute Gasteiger partial charge is 0.465 e. The van der Waals surface area contributed by atoms with Crippen molar-refractivity contribution in [1.82, 2.24) is 4.98 Å². The van der Waals surface area contributed by atoms with E-state index < -0.39 is 23.6 Å². The van der Waals surface area contributed by atoms with Crippen molar-refractivity contribution in [1.29, 1.82) is 0 Å². The van der Waals surface area contributed by atoms with Gasteiger partial charge in [0.15, 0.2) is 5.13 Å². The number of nitrogens with zero attached hydrogens (tertiary/aromatic N) is 1. The first-order chi connectivity index (χ1) is 11.2. The van der Waals surface area contributed by atoms with Crippen molar-refractivity contribution in [2.45, 2.75) is 19.5 Å². The van der Waals surface area contributed by atoms with Crippen molar-refractivity contribution in [3.63, 3.8) is 0 Å². The SMILES string of the molecule is COC(=O)c1sc(NC(=O)Cc2cccc(C(F)(F)F)c2)nc1C. The molecule has 0 aliphatic heterocycles. The molecule has 0 aliphatic carbocycles. The maximum absolute atomic E-state index is 12.7. The van der Waals surface area contributed by atoms with E-state index in [0.29, 0.717) is 5.69 Å². The number of ether oxygens (including phenoxy) is 1. The zero-order valence-corrected chi connectivity index (χ0v) is 13.5. The van der Waals surface area contributed by atoms with Crippen LogP contribution in [0.15, 0.2) is 24.3 Å². The number of benzene rings is 1. The van der Waals surface area contributed by atoms with Gasteiger partial charge in [-0.1, -0.05) is 29.5 Å². The first-order valence-corrected chi connectivity index (χ1v) is 7.54. The average Bonchev–Trinajstić information content (AvgIpc) is 2.86. The number of hydrogen-bond donors (Lipinski definition) is 1. The highest BCUT2D eigenvalue weighted by Crippen LogP contribution is 2.29. The van der Waals surface area contributed by atoms with E-state index in [-0.39, 0.29) is 22.0 Å². The van der Waals surface area contributed by atoms with Gasteiger partial charge in [-0.3, -0.25) is 4.79 Å². The molecule has 9 heteroatoms. The molecule has 2 aromatic rings. The Kier molecular flexibility index (Phi) is 5.23. The molecule has 5 nitrogen and oxygen atoms in total. The van der Waals surface area contributed by atoms with Crippen LogP contribution in [0, 0.1) is 6.92 Å². The molecule has 1 aromatic heterocycles. The molecular formula is C15H13F3N2O3S. The van der Waals surface area contributed by atoms with Crippen LogP contribution in [0.4, 0.5) is 18.3 Å². The molecule has 0 atom stereocenters. The summed E-state index contributed by atoms with van der Waals surface area (Å²) in [5, 5.41) is 2.65. The number of hydrogen-bond acceptors (Lipinski definition) is 5. The predicted molar refractivity (Wildman–Crippen MR) is 82.0 cm³/mol. The number of thiazole rings is 1. The molecule has 2 rings (SSSR count). The fourth-order valence-corrected chi connectivity index (χ4v) is 2.84. The van der Waals surface area contributed by atoms with Crippen LogP contribution in [0.5, 0.6) is 0 Å². The second-order valence-electron chi connectivity index (χ2n) is 4.85. The molecule has 1 aromatic carbocycles. The lowest BCUT2D eigenvalue weighted by atomic mass is 10.1. The fourth-order valence-electron chi connectivity index (χ4n) is 1.94. The smallest absolute Gasteiger partial charge is 0.416 e. The monoisotopic (exact) mass is 358 g/mol. The number of esters is 1. The number of aryl methyl sites for hydroxylation is 1. The van der Waals surface area contributed by atoms with Crippen LogP contribution in [-0.2, 0) is 22.1 Å². The number of anilines is 1. The van der Waals surface area contributed by atoms with Gasteiger partial charge in [-0.15, -0.1) is 0 Å². The van der Waals surface area contributed by atoms with Crippen LogP contribution in [-0.4, -0.2) is 24.0 Å². The third-order valence-electron chi connectivity index (χ3n) is 3.03. The summed E-state index contributed by atoms with van der Waals surface area (Å²) in [7, 11) is 1.23. The van der Waals surface area contributed by atoms with Gasteiger partial charge in [-0.2, -0.15) is 13.2 Å². The van der Waals surface area contributed by atoms with E-state index in [1.165, 1.54) is 19.2 Å². The number of carbonyl (C=O) groups excluding carboxylic acids is 2. The molecule has 1 amide bonds. The van der Waals surface area contributed by atoms with Gasteiger partial charge < -0.3 is 10.1 Å². The summed E-state index contributed by atoms with van der Waals surface area (Å²) < 4.78 is 42.6. The Bertz CT molecular complexity index is 772. The summed E-state index contributed by atoms with van der Waals surface area (Å²) >= 11 is 0.941. The highest BCUT2D eigenvalue weighted by molar-refractivity contribution is 7.17. The van der Waals surface area contributed by atoms with Gasteiger partial charge >= 0.3 is 12.1 Å². The van der Waals surface area contributed by atoms with E-state index in [0.717, 1.165) is 23.5 Å². The van der Waals surface area contributed by atoms with Gasteiger partial charge in [0.05, 0.1) is 24.8 Å². The van der Waals surface area contributed by atoms with E-state index in [1.54, 1.807) is 6.92 Å². The van der Waals surface area contributed by atoms with Crippen LogP contribution in [0.25, 0.3) is 0 Å². The summed E-state index contributed by atoms with van der Waals surface area (Å²) in [6, 6.07) is 4.54. The number of aromatic nitrogens is 1. The van der Waals surface area contributed by atoms with Crippen molar-refractivity contribution in [2.75, 3.05) is 12.4 Å². The van der Waals surface area contributed by atoms with Gasteiger partial charge in [-0.25, -0.2) is 9.78 Å². The second-order valence-corrected chi connectivity index (χ2v) is 5.85. The Balaban J connectivity index is 2.08. The second kappa shape index (κ2) is 7.00. The van der Waals surface area contributed by atoms with Crippen LogP contribution >= 0.6 is 11.3 Å². The fraction of sp³-hybridized carbons (Fsp3) is 0.267. The zero-order valence-electron chi connectivity index (χ0n) is 12.7. The Morgan fingerprint density at radius 3 is 2.67 bits per heavy atom. The minimum atomic E-state index is -4.46. The number of amides is 1. The van der Waals surface area contributed by atoms with Crippen LogP contribution in [0.3, 0.4) is 0 Å². The van der Waals surface area contributed by atoms with E-state index in [1.807, 2.05) is 0 Å². The Labute approximate surface area is 139 Å². The van der Waals surface area contributed by atoms with Gasteiger partial charge in [-0.05, 0) is 18.6 Å². The van der Waals surface area contributed by atoms with Crippen LogP contribution in [0.2, 0.25) is 0 Å². The molecule has 0 radical (unpaired) electrons. The lowest BCUT2D eigenvalue weighted by Gasteiger charge is -2.08. The molecule has 0 saturated carbocycles. The number of nitrogens with one attached hydrogen (secondary N) is 1. The van der Waals surface area contributed by atoms with E-state index in [4.69, 9.17) is 0 Å². The topological polar surface area (TPSA) is 68.3 Å². The van der Waals surface area contributed by atoms with E-state index in [9.17, 15) is 22.8 Å². The molecular weight excluding hydrogens is 345 g/mol. The summed E-state index contributed by atoms with van der Waals surface area (Å²) in [4.78, 5) is 27.7. The van der Waals surface area contributed by atoms with Gasteiger partial charge in [0.1, 0.15) is 4.88 Å². The molecule has 1 N–H and O–H groups in total. The lowest BCUT2D eigenvalue weighted by Crippen LogP contribution is -2.15. The van der Waals surface area contributed by atoms with Crippen molar-refractivity contribution in [3.8, 4) is 0 Å². The number of alkyl halides is 3. The third kappa shape index (κ3) is 4.31. The Morgan fingerprint density at radius 1 is 1.33 bits per heavy atom. The Morgan fingerprint density at radius 2 is 2.04 bits per heavy atom. The molecule has 0 spiro atoms. The molecule has 0 unspecified atom stereocenters. The minimum Gasteiger partial charge on any atom is -0.465 e. The maximum atomic E-state index is 12.7. The summed E-state index contributed by atoms with van der Waals surface area (Å²) in [6.45, 7) is 1.59. The first-order valence-electron chi connectivity index (χ1n) is 6.72. The summed E-state index contributed by atoms with van der Waals surface area (Å²) in [5.41, 5.74) is -0.184. The van der Waals surface area contributed by atoms with Gasteiger partial charge in [0, 0.05) is 0 Å². The first kappa shape index (κ1) is 17.9. The lowest BCUT2D eigenvalue weighted by molar-refractivity contribution is -0.137. The van der Waals surface area contributed by atoms with Crippen LogP contribution < -0.4 is 5.32 Å². The standard InChI is InChI=1S/C15H13F3N2O3S/c1-8-12(13(22)23-2)24-14(19-8)20-11(21)7-9-4-3-5-10(6-9)15(16,17)18/h3-6H,7H2,1-2H3,(H,19,20,21). The van der Waals surface area contributed by atoms with E-state index >= 15 is 0 Å². The molecule has 24 heavy (non-hydrogen) atoms. The molecule has 0 fully saturated rings. The van der Waals surface area contributed by atoms with Crippen molar-refractivity contribution >= 4 is 28.3 Å². The van der Waals surface area contributed by atoms with Gasteiger partial charge in [0.25, 0.3) is 0 Å². The highest BCUT2D eigenvalue weighted by Gasteiger charge is 2.30. The minimum absolute atomic E-state index is 0.185. The summed E-state index contributed by atoms with van der Waals surface area (Å²) in [5.74, 6) is -1.09. The highest BCUT2D eigenvalue weighted by atomic mass is 32.1. The maximum Gasteiger partial charge on any atom is 0.416 e. The van der Waals surface area contributed by atoms with Crippen LogP contribution in [0.1, 0.15) is 26.5 Å². The summed E-state index contributed by atoms with van der Waals surface area (Å²) in [6.07, 6.45) is -4.70. The normalized spacial score (nSPS) is 11.2. The van der Waals surface area contributed by atoms with Crippen molar-refractivity contribution < 1.29 is 27.5 Å². The van der Waals surface area contributed by atoms with Gasteiger partial charge in [0.2, 0.25) is 5.91 Å². The zero-order chi connectivity index (χ0) is 17.9. The van der Waals surface area contributed by atoms with Crippen molar-refractivity contribution in [3.05, 3.63) is 46.0 Å². The predicted octanol–water partition coefficient (Wildman–Crippen LogP) is 3.44. The molecule has 0 saturated heterocycles. The quantitative estimate of drug-likeness (QED) is 0.850. The molecule has 1 heterocycles. The third-order valence-corrected chi connectivity index (χ3v) is 4.09. The molecule has 0 bridgehead atoms. The number of halogens is 3. The Hall–Kier alpha value is -2.42. The average molecular weight is 358 g/mol. The number of carbonyl (C=O) groups is 2.